The molecule has 0 aliphatic heterocycles. The van der Waals surface area contributed by atoms with Gasteiger partial charge in [-0.15, -0.1) is 11.3 Å². The molecule has 12 aromatic rings. The molecule has 0 saturated heterocycles. The summed E-state index contributed by atoms with van der Waals surface area (Å²) in [4.78, 5) is 2.45. The Bertz CT molecular complexity index is 3620. The first-order valence-electron chi connectivity index (χ1n) is 21.5. The van der Waals surface area contributed by atoms with E-state index < -0.39 is 0 Å². The second-order valence-corrected chi connectivity index (χ2v) is 17.1. The van der Waals surface area contributed by atoms with Crippen LogP contribution >= 0.6 is 11.3 Å². The first-order valence-corrected chi connectivity index (χ1v) is 22.3. The molecule has 0 saturated carbocycles. The minimum Gasteiger partial charge on any atom is -0.310 e. The monoisotopic (exact) mass is 820 g/mol. The average Bonchev–Trinajstić information content (AvgIpc) is 3.90. The van der Waals surface area contributed by atoms with Crippen LogP contribution in [0.15, 0.2) is 243 Å². The molecular formula is C60H40N2S. The summed E-state index contributed by atoms with van der Waals surface area (Å²) in [7, 11) is 0. The summed E-state index contributed by atoms with van der Waals surface area (Å²) in [6.45, 7) is 0. The molecule has 0 N–H and O–H groups in total. The van der Waals surface area contributed by atoms with Crippen LogP contribution in [0.1, 0.15) is 0 Å². The largest absolute Gasteiger partial charge is 0.310 e. The third-order valence-electron chi connectivity index (χ3n) is 12.4. The number of anilines is 3. The zero-order chi connectivity index (χ0) is 41.7. The molecule has 12 rings (SSSR count). The number of thiophene rings is 1. The predicted octanol–water partition coefficient (Wildman–Crippen LogP) is 17.3. The van der Waals surface area contributed by atoms with Crippen molar-refractivity contribution in [3.8, 4) is 50.2 Å². The Morgan fingerprint density at radius 2 is 0.841 bits per heavy atom. The van der Waals surface area contributed by atoms with Gasteiger partial charge >= 0.3 is 0 Å². The van der Waals surface area contributed by atoms with Gasteiger partial charge in [-0.25, -0.2) is 0 Å². The van der Waals surface area contributed by atoms with Crippen molar-refractivity contribution < 1.29 is 0 Å². The molecule has 2 nitrogen and oxygen atoms in total. The molecule has 0 aliphatic carbocycles. The maximum Gasteiger partial charge on any atom is 0.0541 e. The van der Waals surface area contributed by atoms with Gasteiger partial charge in [-0.05, 0) is 112 Å². The number of aromatic nitrogens is 1. The zero-order valence-electron chi connectivity index (χ0n) is 34.4. The van der Waals surface area contributed by atoms with Crippen molar-refractivity contribution >= 4 is 70.4 Å². The Morgan fingerprint density at radius 3 is 1.62 bits per heavy atom. The molecule has 10 aromatic carbocycles. The van der Waals surface area contributed by atoms with Crippen molar-refractivity contribution in [2.45, 2.75) is 0 Å². The standard InChI is InChI=1S/C60H40N2S/c1-3-17-42(18-4-1)47-21-7-8-22-48(47)49-23-9-10-24-50(49)51-25-11-14-28-56(51)61(46-36-38-60-55(40-46)53-27-13-16-30-59(53)63-60)45-34-31-41(32-35-45)43-33-37-58-54(39-43)52-26-12-15-29-57(52)62(58)44-19-5-2-6-20-44/h1-40H. The number of nitrogens with zero attached hydrogens (tertiary/aromatic N) is 2. The van der Waals surface area contributed by atoms with Gasteiger partial charge in [0.25, 0.3) is 0 Å². The smallest absolute Gasteiger partial charge is 0.0541 e. The molecule has 0 amide bonds. The maximum absolute atomic E-state index is 2.45. The zero-order valence-corrected chi connectivity index (χ0v) is 35.2. The SMILES string of the molecule is c1ccc(-c2ccccc2-c2ccccc2-c2ccccc2N(c2ccc(-c3ccc4c(c3)c3ccccc3n4-c3ccccc3)cc2)c2ccc3sc4ccccc4c3c2)cc1. The van der Waals surface area contributed by atoms with E-state index in [-0.39, 0.29) is 0 Å². The van der Waals surface area contributed by atoms with Gasteiger partial charge in [0.1, 0.15) is 0 Å². The summed E-state index contributed by atoms with van der Waals surface area (Å²) < 4.78 is 4.96. The van der Waals surface area contributed by atoms with Gasteiger partial charge in [0.05, 0.1) is 16.7 Å². The number of rotatable bonds is 8. The van der Waals surface area contributed by atoms with Crippen LogP contribution in [0.4, 0.5) is 17.1 Å². The highest BCUT2D eigenvalue weighted by Gasteiger charge is 2.21. The summed E-state index contributed by atoms with van der Waals surface area (Å²) in [5, 5.41) is 5.05. The molecule has 0 aliphatic rings. The van der Waals surface area contributed by atoms with Crippen molar-refractivity contribution in [2.75, 3.05) is 4.90 Å². The highest BCUT2D eigenvalue weighted by Crippen LogP contribution is 2.47. The quantitative estimate of drug-likeness (QED) is 0.148. The summed E-state index contributed by atoms with van der Waals surface area (Å²) in [6.07, 6.45) is 0. The van der Waals surface area contributed by atoms with Crippen molar-refractivity contribution in [3.63, 3.8) is 0 Å². The third-order valence-corrected chi connectivity index (χ3v) is 13.6. The topological polar surface area (TPSA) is 8.17 Å². The molecular weight excluding hydrogens is 781 g/mol. The van der Waals surface area contributed by atoms with E-state index in [0.717, 1.165) is 28.3 Å². The minimum absolute atomic E-state index is 1.09. The Balaban J connectivity index is 1.02. The molecule has 63 heavy (non-hydrogen) atoms. The van der Waals surface area contributed by atoms with Crippen LogP contribution < -0.4 is 4.90 Å². The Morgan fingerprint density at radius 1 is 0.302 bits per heavy atom. The first-order chi connectivity index (χ1) is 31.3. The normalized spacial score (nSPS) is 11.5. The van der Waals surface area contributed by atoms with E-state index in [2.05, 4.69) is 252 Å². The minimum atomic E-state index is 1.09. The number of fused-ring (bicyclic) bond motifs is 6. The fourth-order valence-corrected chi connectivity index (χ4v) is 10.6. The lowest BCUT2D eigenvalue weighted by molar-refractivity contribution is 1.18. The first kappa shape index (κ1) is 36.8. The van der Waals surface area contributed by atoms with Gasteiger partial charge in [0, 0.05) is 53.6 Å². The van der Waals surface area contributed by atoms with Crippen LogP contribution in [0.5, 0.6) is 0 Å². The fourth-order valence-electron chi connectivity index (χ4n) is 9.53. The number of para-hydroxylation sites is 3. The van der Waals surface area contributed by atoms with E-state index in [4.69, 9.17) is 0 Å². The van der Waals surface area contributed by atoms with Crippen LogP contribution in [0.3, 0.4) is 0 Å². The van der Waals surface area contributed by atoms with Crippen molar-refractivity contribution in [3.05, 3.63) is 243 Å². The van der Waals surface area contributed by atoms with E-state index in [1.807, 2.05) is 11.3 Å². The molecule has 0 radical (unpaired) electrons. The van der Waals surface area contributed by atoms with Crippen LogP contribution in [0, 0.1) is 0 Å². The lowest BCUT2D eigenvalue weighted by atomic mass is 9.88. The molecule has 0 fully saturated rings. The van der Waals surface area contributed by atoms with Crippen molar-refractivity contribution in [1.29, 1.82) is 0 Å². The van der Waals surface area contributed by atoms with Crippen LogP contribution in [-0.4, -0.2) is 4.57 Å². The second-order valence-electron chi connectivity index (χ2n) is 16.1. The van der Waals surface area contributed by atoms with Gasteiger partial charge in [0.2, 0.25) is 0 Å². The summed E-state index contributed by atoms with van der Waals surface area (Å²) in [5.41, 5.74) is 16.4. The third kappa shape index (κ3) is 6.41. The van der Waals surface area contributed by atoms with Crippen LogP contribution in [0.25, 0.3) is 92.2 Å². The lowest BCUT2D eigenvalue weighted by Gasteiger charge is -2.29. The molecule has 0 bridgehead atoms. The molecule has 0 atom stereocenters. The van der Waals surface area contributed by atoms with E-state index >= 15 is 0 Å². The van der Waals surface area contributed by atoms with Crippen LogP contribution in [-0.2, 0) is 0 Å². The van der Waals surface area contributed by atoms with Gasteiger partial charge in [-0.1, -0.05) is 170 Å². The summed E-state index contributed by atoms with van der Waals surface area (Å²) in [6, 6.07) is 88.4. The Labute approximate surface area is 370 Å². The van der Waals surface area contributed by atoms with Crippen molar-refractivity contribution in [2.24, 2.45) is 0 Å². The molecule has 296 valence electrons. The van der Waals surface area contributed by atoms with E-state index in [1.54, 1.807) is 0 Å². The predicted molar refractivity (Wildman–Crippen MR) is 270 cm³/mol. The molecule has 3 heteroatoms. The van der Waals surface area contributed by atoms with Gasteiger partial charge in [0.15, 0.2) is 0 Å². The number of hydrogen-bond donors (Lipinski definition) is 0. The lowest BCUT2D eigenvalue weighted by Crippen LogP contribution is -2.11. The second kappa shape index (κ2) is 15.5. The van der Waals surface area contributed by atoms with Crippen LogP contribution in [0.2, 0.25) is 0 Å². The highest BCUT2D eigenvalue weighted by molar-refractivity contribution is 7.25. The van der Waals surface area contributed by atoms with Crippen molar-refractivity contribution in [1.82, 2.24) is 4.57 Å². The molecule has 2 aromatic heterocycles. The molecule has 0 spiro atoms. The summed E-state index contributed by atoms with van der Waals surface area (Å²) >= 11 is 1.85. The summed E-state index contributed by atoms with van der Waals surface area (Å²) in [5.74, 6) is 0. The Kier molecular flexibility index (Phi) is 9.06. The maximum atomic E-state index is 2.45. The molecule has 2 heterocycles. The number of benzene rings is 10. The van der Waals surface area contributed by atoms with E-state index in [1.165, 1.54) is 80.9 Å². The number of hydrogen-bond acceptors (Lipinski definition) is 2. The highest BCUT2D eigenvalue weighted by atomic mass is 32.1. The molecule has 0 unspecified atom stereocenters. The van der Waals surface area contributed by atoms with E-state index in [0.29, 0.717) is 0 Å². The average molecular weight is 821 g/mol. The fraction of sp³-hybridized carbons (Fsp3) is 0. The van der Waals surface area contributed by atoms with Gasteiger partial charge in [-0.2, -0.15) is 0 Å². The van der Waals surface area contributed by atoms with Gasteiger partial charge in [-0.3, -0.25) is 0 Å². The van der Waals surface area contributed by atoms with E-state index in [9.17, 15) is 0 Å². The Hall–Kier alpha value is -7.98. The van der Waals surface area contributed by atoms with Gasteiger partial charge < -0.3 is 9.47 Å².